The Labute approximate surface area is 156 Å². The number of rotatable bonds is 1. The van der Waals surface area contributed by atoms with Crippen LogP contribution in [-0.4, -0.2) is 4.57 Å². The summed E-state index contributed by atoms with van der Waals surface area (Å²) in [5.41, 5.74) is 6.75. The van der Waals surface area contributed by atoms with Crippen LogP contribution in [0.2, 0.25) is 0 Å². The molecular formula is C25H17NO. The van der Waals surface area contributed by atoms with Gasteiger partial charge in [0.2, 0.25) is 0 Å². The van der Waals surface area contributed by atoms with Crippen LogP contribution in [0.5, 0.6) is 0 Å². The van der Waals surface area contributed by atoms with Crippen molar-refractivity contribution in [1.82, 2.24) is 4.57 Å². The van der Waals surface area contributed by atoms with Crippen molar-refractivity contribution in [1.29, 1.82) is 0 Å². The number of benzene rings is 4. The summed E-state index contributed by atoms with van der Waals surface area (Å²) in [5.74, 6) is 0. The molecule has 0 saturated carbocycles. The maximum atomic E-state index is 6.13. The van der Waals surface area contributed by atoms with Crippen LogP contribution in [0.4, 0.5) is 0 Å². The first-order valence-electron chi connectivity index (χ1n) is 9.22. The molecule has 6 aromatic rings. The number of aromatic nitrogens is 1. The van der Waals surface area contributed by atoms with Crippen LogP contribution in [0.3, 0.4) is 0 Å². The van der Waals surface area contributed by atoms with Crippen LogP contribution >= 0.6 is 0 Å². The minimum atomic E-state index is 0.937. The van der Waals surface area contributed by atoms with Crippen LogP contribution in [-0.2, 0) is 0 Å². The Morgan fingerprint density at radius 2 is 1.44 bits per heavy atom. The number of para-hydroxylation sites is 2. The number of aryl methyl sites for hydroxylation is 1. The molecule has 0 aliphatic rings. The predicted molar refractivity (Wildman–Crippen MR) is 113 cm³/mol. The lowest BCUT2D eigenvalue weighted by Gasteiger charge is -2.08. The molecule has 0 amide bonds. The molecule has 4 aromatic carbocycles. The van der Waals surface area contributed by atoms with E-state index in [1.807, 2.05) is 12.1 Å². The Morgan fingerprint density at radius 3 is 2.33 bits per heavy atom. The first-order valence-corrected chi connectivity index (χ1v) is 9.22. The fourth-order valence-electron chi connectivity index (χ4n) is 4.32. The second-order valence-corrected chi connectivity index (χ2v) is 7.12. The van der Waals surface area contributed by atoms with Gasteiger partial charge in [0.05, 0.1) is 11.0 Å². The summed E-state index contributed by atoms with van der Waals surface area (Å²) in [4.78, 5) is 0. The molecule has 0 unspecified atom stereocenters. The van der Waals surface area contributed by atoms with Crippen molar-refractivity contribution in [3.8, 4) is 5.69 Å². The molecule has 6 rings (SSSR count). The quantitative estimate of drug-likeness (QED) is 0.313. The van der Waals surface area contributed by atoms with E-state index in [1.165, 1.54) is 43.8 Å². The summed E-state index contributed by atoms with van der Waals surface area (Å²) < 4.78 is 8.49. The predicted octanol–water partition coefficient (Wildman–Crippen LogP) is 6.99. The highest BCUT2D eigenvalue weighted by Crippen LogP contribution is 2.40. The first-order chi connectivity index (χ1) is 13.3. The van der Waals surface area contributed by atoms with E-state index < -0.39 is 0 Å². The standard InChI is InChI=1S/C25H17NO/c1-16-7-6-8-17(15-16)26-20-11-4-2-9-18(20)24-21(26)13-14-23-25(24)19-10-3-5-12-22(19)27-23/h2-15H,1H3. The zero-order valence-electron chi connectivity index (χ0n) is 14.9. The van der Waals surface area contributed by atoms with E-state index in [-0.39, 0.29) is 0 Å². The number of fused-ring (bicyclic) bond motifs is 7. The molecule has 2 aromatic heterocycles. The molecule has 0 fully saturated rings. The third-order valence-electron chi connectivity index (χ3n) is 5.44. The van der Waals surface area contributed by atoms with E-state index in [0.717, 1.165) is 11.2 Å². The molecule has 128 valence electrons. The molecule has 0 N–H and O–H groups in total. The smallest absolute Gasteiger partial charge is 0.136 e. The van der Waals surface area contributed by atoms with E-state index in [1.54, 1.807) is 0 Å². The van der Waals surface area contributed by atoms with Crippen LogP contribution in [0, 0.1) is 6.92 Å². The normalized spacial score (nSPS) is 11.9. The molecule has 2 heteroatoms. The zero-order valence-corrected chi connectivity index (χ0v) is 14.9. The average molecular weight is 347 g/mol. The molecule has 2 nitrogen and oxygen atoms in total. The lowest BCUT2D eigenvalue weighted by atomic mass is 10.1. The van der Waals surface area contributed by atoms with Gasteiger partial charge in [-0.05, 0) is 48.9 Å². The summed E-state index contributed by atoms with van der Waals surface area (Å²) in [6.07, 6.45) is 0. The average Bonchev–Trinajstić information content (AvgIpc) is 3.23. The van der Waals surface area contributed by atoms with E-state index in [0.29, 0.717) is 0 Å². The van der Waals surface area contributed by atoms with Crippen molar-refractivity contribution in [2.75, 3.05) is 0 Å². The molecule has 0 saturated heterocycles. The molecule has 0 bridgehead atoms. The number of nitrogens with zero attached hydrogens (tertiary/aromatic N) is 1. The number of hydrogen-bond acceptors (Lipinski definition) is 1. The van der Waals surface area contributed by atoms with Gasteiger partial charge in [-0.3, -0.25) is 0 Å². The van der Waals surface area contributed by atoms with E-state index in [4.69, 9.17) is 4.42 Å². The Balaban J connectivity index is 1.90. The fraction of sp³-hybridized carbons (Fsp3) is 0.0400. The van der Waals surface area contributed by atoms with Crippen LogP contribution in [0.25, 0.3) is 49.4 Å². The highest BCUT2D eigenvalue weighted by molar-refractivity contribution is 6.27. The highest BCUT2D eigenvalue weighted by Gasteiger charge is 2.18. The third-order valence-corrected chi connectivity index (χ3v) is 5.44. The van der Waals surface area contributed by atoms with Gasteiger partial charge in [0, 0.05) is 27.2 Å². The highest BCUT2D eigenvalue weighted by atomic mass is 16.3. The topological polar surface area (TPSA) is 18.1 Å². The van der Waals surface area contributed by atoms with Crippen molar-refractivity contribution in [3.05, 3.63) is 90.5 Å². The van der Waals surface area contributed by atoms with Gasteiger partial charge in [0.1, 0.15) is 11.2 Å². The summed E-state index contributed by atoms with van der Waals surface area (Å²) in [6, 6.07) is 29.9. The maximum absolute atomic E-state index is 6.13. The van der Waals surface area contributed by atoms with Crippen molar-refractivity contribution >= 4 is 43.7 Å². The Morgan fingerprint density at radius 1 is 0.630 bits per heavy atom. The monoisotopic (exact) mass is 347 g/mol. The number of furan rings is 1. The molecule has 0 aliphatic heterocycles. The molecule has 2 heterocycles. The van der Waals surface area contributed by atoms with E-state index in [9.17, 15) is 0 Å². The minimum Gasteiger partial charge on any atom is -0.456 e. The van der Waals surface area contributed by atoms with E-state index in [2.05, 4.69) is 84.3 Å². The van der Waals surface area contributed by atoms with Gasteiger partial charge in [0.15, 0.2) is 0 Å². The maximum Gasteiger partial charge on any atom is 0.136 e. The number of hydrogen-bond donors (Lipinski definition) is 0. The first kappa shape index (κ1) is 14.6. The minimum absolute atomic E-state index is 0.937. The molecule has 0 atom stereocenters. The summed E-state index contributed by atoms with van der Waals surface area (Å²) in [5, 5.41) is 4.89. The lowest BCUT2D eigenvalue weighted by Crippen LogP contribution is -1.93. The van der Waals surface area contributed by atoms with Crippen molar-refractivity contribution in [2.45, 2.75) is 6.92 Å². The van der Waals surface area contributed by atoms with E-state index >= 15 is 0 Å². The second-order valence-electron chi connectivity index (χ2n) is 7.12. The second kappa shape index (κ2) is 5.24. The zero-order chi connectivity index (χ0) is 18.0. The van der Waals surface area contributed by atoms with Crippen LogP contribution in [0.1, 0.15) is 5.56 Å². The van der Waals surface area contributed by atoms with Gasteiger partial charge < -0.3 is 8.98 Å². The molecule has 0 aliphatic carbocycles. The van der Waals surface area contributed by atoms with Gasteiger partial charge in [0.25, 0.3) is 0 Å². The SMILES string of the molecule is Cc1cccc(-n2c3ccccc3c3c4c(ccc32)oc2ccccc24)c1. The van der Waals surface area contributed by atoms with Crippen LogP contribution in [0.15, 0.2) is 89.3 Å². The van der Waals surface area contributed by atoms with Gasteiger partial charge in [-0.1, -0.05) is 48.5 Å². The Bertz CT molecular complexity index is 1480. The van der Waals surface area contributed by atoms with Crippen molar-refractivity contribution in [3.63, 3.8) is 0 Å². The molecule has 0 spiro atoms. The largest absolute Gasteiger partial charge is 0.456 e. The molecular weight excluding hydrogens is 330 g/mol. The lowest BCUT2D eigenvalue weighted by molar-refractivity contribution is 0.669. The third kappa shape index (κ3) is 1.95. The summed E-state index contributed by atoms with van der Waals surface area (Å²) in [6.45, 7) is 2.14. The molecule has 0 radical (unpaired) electrons. The summed E-state index contributed by atoms with van der Waals surface area (Å²) >= 11 is 0. The van der Waals surface area contributed by atoms with Gasteiger partial charge in [-0.2, -0.15) is 0 Å². The van der Waals surface area contributed by atoms with Crippen molar-refractivity contribution in [2.24, 2.45) is 0 Å². The fourth-order valence-corrected chi connectivity index (χ4v) is 4.32. The molecule has 27 heavy (non-hydrogen) atoms. The van der Waals surface area contributed by atoms with Crippen LogP contribution < -0.4 is 0 Å². The Kier molecular flexibility index (Phi) is 2.84. The van der Waals surface area contributed by atoms with Gasteiger partial charge in [-0.25, -0.2) is 0 Å². The Hall–Kier alpha value is -3.52. The summed E-state index contributed by atoms with van der Waals surface area (Å²) in [7, 11) is 0. The van der Waals surface area contributed by atoms with Gasteiger partial charge in [-0.15, -0.1) is 0 Å². The van der Waals surface area contributed by atoms with Crippen molar-refractivity contribution < 1.29 is 4.42 Å². The van der Waals surface area contributed by atoms with Gasteiger partial charge >= 0.3 is 0 Å².